The Morgan fingerprint density at radius 3 is 2.56 bits per heavy atom. The van der Waals surface area contributed by atoms with Crippen molar-refractivity contribution in [2.45, 2.75) is 20.3 Å². The number of carboxylic acid groups (broad SMARTS) is 1. The van der Waals surface area contributed by atoms with Crippen molar-refractivity contribution in [3.63, 3.8) is 0 Å². The fourth-order valence-corrected chi connectivity index (χ4v) is 1.96. The molecule has 0 amide bonds. The van der Waals surface area contributed by atoms with E-state index in [-0.39, 0.29) is 6.42 Å². The summed E-state index contributed by atoms with van der Waals surface area (Å²) in [6.07, 6.45) is 1.64. The lowest BCUT2D eigenvalue weighted by molar-refractivity contribution is -0.136. The average Bonchev–Trinajstić information content (AvgIpc) is 2.30. The summed E-state index contributed by atoms with van der Waals surface area (Å²) in [5.74, 6) is -0.837. The van der Waals surface area contributed by atoms with Crippen LogP contribution in [0.15, 0.2) is 36.5 Å². The molecule has 2 aromatic rings. The highest BCUT2D eigenvalue weighted by Gasteiger charge is 2.05. The van der Waals surface area contributed by atoms with Crippen LogP contribution in [0.5, 0.6) is 0 Å². The summed E-state index contributed by atoms with van der Waals surface area (Å²) in [7, 11) is 0. The van der Waals surface area contributed by atoms with Crippen LogP contribution >= 0.6 is 0 Å². The summed E-state index contributed by atoms with van der Waals surface area (Å²) in [5, 5.41) is 8.70. The molecule has 1 aromatic carbocycles. The molecule has 0 bridgehead atoms. The molecule has 0 fully saturated rings. The zero-order valence-corrected chi connectivity index (χ0v) is 10.5. The molecule has 3 heteroatoms. The Morgan fingerprint density at radius 1 is 1.22 bits per heavy atom. The highest BCUT2D eigenvalue weighted by molar-refractivity contribution is 5.70. The molecule has 1 heterocycles. The van der Waals surface area contributed by atoms with Gasteiger partial charge in [-0.2, -0.15) is 0 Å². The number of aryl methyl sites for hydroxylation is 2. The summed E-state index contributed by atoms with van der Waals surface area (Å²) in [5.41, 5.74) is 5.08. The predicted octanol–water partition coefficient (Wildman–Crippen LogP) is 2.99. The van der Waals surface area contributed by atoms with Crippen molar-refractivity contribution in [1.29, 1.82) is 0 Å². The van der Waals surface area contributed by atoms with E-state index in [9.17, 15) is 4.79 Å². The lowest BCUT2D eigenvalue weighted by Gasteiger charge is -2.06. The molecule has 0 saturated carbocycles. The van der Waals surface area contributed by atoms with E-state index in [2.05, 4.69) is 31.0 Å². The maximum Gasteiger partial charge on any atom is 0.307 e. The van der Waals surface area contributed by atoms with Gasteiger partial charge >= 0.3 is 5.97 Å². The number of pyridine rings is 1. The van der Waals surface area contributed by atoms with Crippen molar-refractivity contribution >= 4 is 5.97 Å². The van der Waals surface area contributed by atoms with Crippen molar-refractivity contribution < 1.29 is 9.90 Å². The molecular formula is C15H15NO2. The highest BCUT2D eigenvalue weighted by atomic mass is 16.4. The third-order valence-corrected chi connectivity index (χ3v) is 2.84. The van der Waals surface area contributed by atoms with Gasteiger partial charge in [-0.15, -0.1) is 0 Å². The van der Waals surface area contributed by atoms with E-state index in [4.69, 9.17) is 5.11 Å². The number of rotatable bonds is 3. The third kappa shape index (κ3) is 2.74. The molecule has 3 nitrogen and oxygen atoms in total. The maximum atomic E-state index is 10.6. The highest BCUT2D eigenvalue weighted by Crippen LogP contribution is 2.22. The van der Waals surface area contributed by atoms with Gasteiger partial charge < -0.3 is 5.11 Å². The predicted molar refractivity (Wildman–Crippen MR) is 70.5 cm³/mol. The van der Waals surface area contributed by atoms with Gasteiger partial charge in [0.05, 0.1) is 12.1 Å². The first-order chi connectivity index (χ1) is 8.56. The van der Waals surface area contributed by atoms with Crippen LogP contribution in [0.4, 0.5) is 0 Å². The van der Waals surface area contributed by atoms with Gasteiger partial charge in [0.1, 0.15) is 0 Å². The van der Waals surface area contributed by atoms with E-state index in [0.717, 1.165) is 16.8 Å². The molecule has 0 aliphatic heterocycles. The van der Waals surface area contributed by atoms with Crippen LogP contribution in [0.2, 0.25) is 0 Å². The van der Waals surface area contributed by atoms with E-state index >= 15 is 0 Å². The summed E-state index contributed by atoms with van der Waals surface area (Å²) >= 11 is 0. The number of hydrogen-bond donors (Lipinski definition) is 1. The molecule has 0 aliphatic rings. The second kappa shape index (κ2) is 5.00. The van der Waals surface area contributed by atoms with Gasteiger partial charge in [-0.05, 0) is 31.0 Å². The third-order valence-electron chi connectivity index (χ3n) is 2.84. The Hall–Kier alpha value is -2.16. The largest absolute Gasteiger partial charge is 0.481 e. The molecule has 1 aromatic heterocycles. The van der Waals surface area contributed by atoms with Crippen LogP contribution < -0.4 is 0 Å². The standard InChI is InChI=1S/C15H15NO2/c1-10-3-5-13(11(2)7-10)14-6-4-12(9-16-14)8-15(17)18/h3-7,9H,8H2,1-2H3,(H,17,18). The fraction of sp³-hybridized carbons (Fsp3) is 0.200. The minimum Gasteiger partial charge on any atom is -0.481 e. The van der Waals surface area contributed by atoms with Crippen LogP contribution in [0.3, 0.4) is 0 Å². The Kier molecular flexibility index (Phi) is 3.42. The van der Waals surface area contributed by atoms with Crippen LogP contribution in [-0.4, -0.2) is 16.1 Å². The zero-order valence-electron chi connectivity index (χ0n) is 10.5. The quantitative estimate of drug-likeness (QED) is 0.898. The van der Waals surface area contributed by atoms with E-state index in [1.165, 1.54) is 11.1 Å². The van der Waals surface area contributed by atoms with Crippen molar-refractivity contribution in [3.8, 4) is 11.3 Å². The van der Waals surface area contributed by atoms with E-state index in [0.29, 0.717) is 0 Å². The van der Waals surface area contributed by atoms with E-state index in [1.54, 1.807) is 6.20 Å². The molecule has 2 rings (SSSR count). The van der Waals surface area contributed by atoms with Gasteiger partial charge in [0.15, 0.2) is 0 Å². The Balaban J connectivity index is 2.31. The summed E-state index contributed by atoms with van der Waals surface area (Å²) < 4.78 is 0. The average molecular weight is 241 g/mol. The number of hydrogen-bond acceptors (Lipinski definition) is 2. The first-order valence-electron chi connectivity index (χ1n) is 5.80. The van der Waals surface area contributed by atoms with E-state index < -0.39 is 5.97 Å². The lowest BCUT2D eigenvalue weighted by Crippen LogP contribution is -2.00. The second-order valence-corrected chi connectivity index (χ2v) is 4.44. The minimum absolute atomic E-state index is 0.0140. The van der Waals surface area contributed by atoms with Crippen molar-refractivity contribution in [1.82, 2.24) is 4.98 Å². The molecular weight excluding hydrogens is 226 g/mol. The van der Waals surface area contributed by atoms with Crippen molar-refractivity contribution in [3.05, 3.63) is 53.2 Å². The number of benzene rings is 1. The Bertz CT molecular complexity index is 574. The smallest absolute Gasteiger partial charge is 0.307 e. The van der Waals surface area contributed by atoms with E-state index in [1.807, 2.05) is 18.2 Å². The number of nitrogens with zero attached hydrogens (tertiary/aromatic N) is 1. The molecule has 0 radical (unpaired) electrons. The van der Waals surface area contributed by atoms with Crippen LogP contribution in [0.1, 0.15) is 16.7 Å². The van der Waals surface area contributed by atoms with Gasteiger partial charge in [-0.3, -0.25) is 9.78 Å². The molecule has 0 spiro atoms. The Morgan fingerprint density at radius 2 is 2.00 bits per heavy atom. The number of carboxylic acids is 1. The topological polar surface area (TPSA) is 50.2 Å². The van der Waals surface area contributed by atoms with Crippen LogP contribution in [0, 0.1) is 13.8 Å². The summed E-state index contributed by atoms with van der Waals surface area (Å²) in [6.45, 7) is 4.11. The maximum absolute atomic E-state index is 10.6. The Labute approximate surface area is 106 Å². The molecule has 1 N–H and O–H groups in total. The van der Waals surface area contributed by atoms with Gasteiger partial charge in [-0.1, -0.05) is 29.8 Å². The van der Waals surface area contributed by atoms with Gasteiger partial charge in [0.2, 0.25) is 0 Å². The zero-order chi connectivity index (χ0) is 13.1. The summed E-state index contributed by atoms with van der Waals surface area (Å²) in [4.78, 5) is 14.9. The number of aromatic nitrogens is 1. The lowest BCUT2D eigenvalue weighted by atomic mass is 10.0. The van der Waals surface area contributed by atoms with Gasteiger partial charge in [0, 0.05) is 11.8 Å². The SMILES string of the molecule is Cc1ccc(-c2ccc(CC(=O)O)cn2)c(C)c1. The molecule has 0 aliphatic carbocycles. The monoisotopic (exact) mass is 241 g/mol. The summed E-state index contributed by atoms with van der Waals surface area (Å²) in [6, 6.07) is 9.90. The van der Waals surface area contributed by atoms with Gasteiger partial charge in [-0.25, -0.2) is 0 Å². The van der Waals surface area contributed by atoms with Gasteiger partial charge in [0.25, 0.3) is 0 Å². The molecule has 92 valence electrons. The first-order valence-corrected chi connectivity index (χ1v) is 5.80. The van der Waals surface area contributed by atoms with Crippen molar-refractivity contribution in [2.75, 3.05) is 0 Å². The molecule has 18 heavy (non-hydrogen) atoms. The number of aliphatic carboxylic acids is 1. The first kappa shape index (κ1) is 12.3. The fourth-order valence-electron chi connectivity index (χ4n) is 1.96. The molecule has 0 saturated heterocycles. The van der Waals surface area contributed by atoms with Crippen LogP contribution in [0.25, 0.3) is 11.3 Å². The number of carbonyl (C=O) groups is 1. The normalized spacial score (nSPS) is 10.3. The minimum atomic E-state index is -0.837. The van der Waals surface area contributed by atoms with Crippen LogP contribution in [-0.2, 0) is 11.2 Å². The van der Waals surface area contributed by atoms with Crippen molar-refractivity contribution in [2.24, 2.45) is 0 Å². The molecule has 0 unspecified atom stereocenters. The molecule has 0 atom stereocenters. The second-order valence-electron chi connectivity index (χ2n) is 4.44.